The molecule has 7 heteroatoms. The monoisotopic (exact) mass is 1160 g/mol. The highest BCUT2D eigenvalue weighted by molar-refractivity contribution is 6.15. The van der Waals surface area contributed by atoms with Gasteiger partial charge < -0.3 is 32.8 Å². The van der Waals surface area contributed by atoms with Gasteiger partial charge in [0.05, 0.1) is 44.1 Å². The molecule has 0 spiro atoms. The molecule has 0 saturated carbocycles. The molecule has 0 N–H and O–H groups in total. The first-order chi connectivity index (χ1) is 45.1. The molecule has 4 aromatic heterocycles. The van der Waals surface area contributed by atoms with Gasteiger partial charge in [-0.3, -0.25) is 0 Å². The predicted octanol–water partition coefficient (Wildman–Crippen LogP) is 22.8. The Morgan fingerprint density at radius 2 is 0.385 bits per heavy atom. The third kappa shape index (κ3) is 8.58. The van der Waals surface area contributed by atoms with Crippen molar-refractivity contribution < 1.29 is 4.74 Å². The fraction of sp³-hybridized carbons (Fsp3) is 0. The van der Waals surface area contributed by atoms with Crippen molar-refractivity contribution in [3.05, 3.63) is 340 Å². The largest absolute Gasteiger partial charge is 0.457 e. The average Bonchev–Trinajstić information content (AvgIpc) is 1.69. The van der Waals surface area contributed by atoms with Gasteiger partial charge in [0.1, 0.15) is 11.5 Å². The van der Waals surface area contributed by atoms with Crippen molar-refractivity contribution >= 4 is 121 Å². The maximum Gasteiger partial charge on any atom is 0.127 e. The van der Waals surface area contributed by atoms with Gasteiger partial charge in [0.15, 0.2) is 0 Å². The van der Waals surface area contributed by atoms with Crippen molar-refractivity contribution in [1.82, 2.24) is 18.3 Å². The van der Waals surface area contributed by atoms with Crippen LogP contribution in [0.25, 0.3) is 110 Å². The van der Waals surface area contributed by atoms with Gasteiger partial charge in [-0.1, -0.05) is 146 Å². The van der Waals surface area contributed by atoms with E-state index < -0.39 is 0 Å². The summed E-state index contributed by atoms with van der Waals surface area (Å²) in [7, 11) is 0. The lowest BCUT2D eigenvalue weighted by atomic mass is 10.1. The van der Waals surface area contributed by atoms with Gasteiger partial charge in [0.2, 0.25) is 0 Å². The fourth-order valence-corrected chi connectivity index (χ4v) is 14.2. The minimum atomic E-state index is 0.733. The minimum absolute atomic E-state index is 0.733. The SMILES string of the molecule is c1ccc(-n2c3ccccc3c3cc(N(c4ccc(Oc5ccc(N(c6ccc7c(c6)c6ccccc6n7-c6ccccc6)c6ccc7c(c6)c6ccccc6n7-c6ccccc6)cc5)cc4)c4ccc5c(c4)c4ccccc4n5-c4ccccc4)ccc32)cc1. The molecule has 0 radical (unpaired) electrons. The van der Waals surface area contributed by atoms with Gasteiger partial charge >= 0.3 is 0 Å². The van der Waals surface area contributed by atoms with Crippen LogP contribution >= 0.6 is 0 Å². The van der Waals surface area contributed by atoms with Gasteiger partial charge in [-0.2, -0.15) is 0 Å². The first kappa shape index (κ1) is 51.9. The van der Waals surface area contributed by atoms with E-state index in [2.05, 4.69) is 368 Å². The summed E-state index contributed by atoms with van der Waals surface area (Å²) >= 11 is 0. The summed E-state index contributed by atoms with van der Waals surface area (Å²) in [6, 6.07) is 122. The van der Waals surface area contributed by atoms with Crippen LogP contribution in [0.1, 0.15) is 0 Å². The zero-order valence-corrected chi connectivity index (χ0v) is 49.4. The van der Waals surface area contributed by atoms with E-state index in [9.17, 15) is 0 Å². The molecule has 4 heterocycles. The van der Waals surface area contributed by atoms with Crippen molar-refractivity contribution in [2.24, 2.45) is 0 Å². The second kappa shape index (κ2) is 21.2. The number of benzene rings is 14. The van der Waals surface area contributed by atoms with Crippen LogP contribution in [0.2, 0.25) is 0 Å². The van der Waals surface area contributed by atoms with Crippen LogP contribution in [0, 0.1) is 0 Å². The van der Waals surface area contributed by atoms with Crippen LogP contribution in [0.15, 0.2) is 340 Å². The summed E-state index contributed by atoms with van der Waals surface area (Å²) < 4.78 is 16.3. The van der Waals surface area contributed by atoms with E-state index in [1.165, 1.54) is 65.2 Å². The molecule has 428 valence electrons. The Morgan fingerprint density at radius 1 is 0.176 bits per heavy atom. The molecule has 18 aromatic rings. The highest BCUT2D eigenvalue weighted by Crippen LogP contribution is 2.46. The molecule has 0 aliphatic carbocycles. The van der Waals surface area contributed by atoms with Gasteiger partial charge in [-0.15, -0.1) is 0 Å². The number of ether oxygens (including phenoxy) is 1. The number of hydrogen-bond donors (Lipinski definition) is 0. The van der Waals surface area contributed by atoms with E-state index in [-0.39, 0.29) is 0 Å². The lowest BCUT2D eigenvalue weighted by molar-refractivity contribution is 0.483. The number of anilines is 6. The summed E-state index contributed by atoms with van der Waals surface area (Å²) in [5, 5.41) is 9.51. The lowest BCUT2D eigenvalue weighted by Gasteiger charge is -2.26. The Balaban J connectivity index is 0.737. The van der Waals surface area contributed by atoms with Crippen LogP contribution in [0.3, 0.4) is 0 Å². The first-order valence-electron chi connectivity index (χ1n) is 31.0. The van der Waals surface area contributed by atoms with Crippen molar-refractivity contribution in [3.63, 3.8) is 0 Å². The van der Waals surface area contributed by atoms with Gasteiger partial charge in [0.25, 0.3) is 0 Å². The predicted molar refractivity (Wildman–Crippen MR) is 380 cm³/mol. The molecule has 0 aliphatic rings. The Labute approximate surface area is 525 Å². The number of nitrogens with zero attached hydrogens (tertiary/aromatic N) is 6. The van der Waals surface area contributed by atoms with Crippen molar-refractivity contribution in [3.8, 4) is 34.2 Å². The Bertz CT molecular complexity index is 5110. The Kier molecular flexibility index (Phi) is 12.1. The molecule has 0 fully saturated rings. The molecule has 18 rings (SSSR count). The van der Waals surface area contributed by atoms with E-state index >= 15 is 0 Å². The highest BCUT2D eigenvalue weighted by atomic mass is 16.5. The molecule has 14 aromatic carbocycles. The van der Waals surface area contributed by atoms with E-state index in [1.54, 1.807) is 0 Å². The number of rotatable bonds is 12. The molecular formula is C84H56N6O. The van der Waals surface area contributed by atoms with Crippen molar-refractivity contribution in [1.29, 1.82) is 0 Å². The third-order valence-corrected chi connectivity index (χ3v) is 18.1. The van der Waals surface area contributed by atoms with Crippen molar-refractivity contribution in [2.75, 3.05) is 9.80 Å². The molecule has 0 aliphatic heterocycles. The molecular weight excluding hydrogens is 1110 g/mol. The van der Waals surface area contributed by atoms with Crippen molar-refractivity contribution in [2.45, 2.75) is 0 Å². The topological polar surface area (TPSA) is 35.4 Å². The first-order valence-corrected chi connectivity index (χ1v) is 31.0. The third-order valence-electron chi connectivity index (χ3n) is 18.1. The normalized spacial score (nSPS) is 11.7. The number of hydrogen-bond acceptors (Lipinski definition) is 3. The van der Waals surface area contributed by atoms with Crippen LogP contribution in [0.4, 0.5) is 34.1 Å². The van der Waals surface area contributed by atoms with E-state index in [4.69, 9.17) is 4.74 Å². The van der Waals surface area contributed by atoms with E-state index in [0.717, 1.165) is 90.4 Å². The van der Waals surface area contributed by atoms with E-state index in [0.29, 0.717) is 0 Å². The number of aromatic nitrogens is 4. The molecule has 0 bridgehead atoms. The molecule has 91 heavy (non-hydrogen) atoms. The standard InChI is InChI=1S/C84H56N6O/c1-5-21-57(22-6-1)87-77-33-17-13-29-69(77)73-53-63(41-49-81(73)87)85(64-42-50-82-74(54-64)70-30-14-18-34-78(70)88(82)58-23-7-2-8-24-58)61-37-45-67(46-38-61)91-68-47-39-62(40-48-68)86(65-43-51-83-75(55-65)71-31-15-19-35-79(71)89(83)59-25-9-3-10-26-59)66-44-52-84-76(56-66)72-32-16-20-36-80(72)90(84)60-27-11-4-12-28-60/h1-56H. The smallest absolute Gasteiger partial charge is 0.127 e. The Morgan fingerprint density at radius 3 is 0.637 bits per heavy atom. The van der Waals surface area contributed by atoms with E-state index in [1.807, 2.05) is 0 Å². The van der Waals surface area contributed by atoms with Gasteiger partial charge in [-0.05, 0) is 194 Å². The second-order valence-electron chi connectivity index (χ2n) is 23.3. The Hall–Kier alpha value is -12.3. The van der Waals surface area contributed by atoms with Gasteiger partial charge in [0, 0.05) is 100.0 Å². The zero-order valence-electron chi connectivity index (χ0n) is 49.4. The van der Waals surface area contributed by atoms with Gasteiger partial charge in [-0.25, -0.2) is 0 Å². The lowest BCUT2D eigenvalue weighted by Crippen LogP contribution is -2.10. The number of para-hydroxylation sites is 8. The van der Waals surface area contributed by atoms with Crippen LogP contribution in [-0.2, 0) is 0 Å². The summed E-state index contributed by atoms with van der Waals surface area (Å²) in [4.78, 5) is 4.76. The average molecular weight is 1170 g/mol. The van der Waals surface area contributed by atoms with Crippen LogP contribution in [-0.4, -0.2) is 18.3 Å². The fourth-order valence-electron chi connectivity index (χ4n) is 14.2. The quantitative estimate of drug-likeness (QED) is 0.122. The minimum Gasteiger partial charge on any atom is -0.457 e. The maximum absolute atomic E-state index is 6.83. The molecule has 0 atom stereocenters. The molecule has 0 saturated heterocycles. The summed E-state index contributed by atoms with van der Waals surface area (Å²) in [5.74, 6) is 1.47. The zero-order chi connectivity index (χ0) is 59.9. The summed E-state index contributed by atoms with van der Waals surface area (Å²) in [5.41, 5.74) is 20.0. The second-order valence-corrected chi connectivity index (χ2v) is 23.3. The van der Waals surface area contributed by atoms with Crippen LogP contribution < -0.4 is 14.5 Å². The summed E-state index contributed by atoms with van der Waals surface area (Å²) in [6.07, 6.45) is 0. The molecule has 0 amide bonds. The summed E-state index contributed by atoms with van der Waals surface area (Å²) in [6.45, 7) is 0. The highest BCUT2D eigenvalue weighted by Gasteiger charge is 2.23. The molecule has 7 nitrogen and oxygen atoms in total. The number of fused-ring (bicyclic) bond motifs is 12. The van der Waals surface area contributed by atoms with Crippen LogP contribution in [0.5, 0.6) is 11.5 Å². The maximum atomic E-state index is 6.83. The molecule has 0 unspecified atom stereocenters.